The number of nitrogens with zero attached hydrogens (tertiary/aromatic N) is 1. The molecule has 0 saturated heterocycles. The highest BCUT2D eigenvalue weighted by Gasteiger charge is 2.32. The Labute approximate surface area is 130 Å². The second kappa shape index (κ2) is 6.75. The number of aromatic nitrogens is 1. The second-order valence-electron chi connectivity index (χ2n) is 5.35. The van der Waals surface area contributed by atoms with Gasteiger partial charge in [-0.3, -0.25) is 9.78 Å². The molecule has 2 aromatic rings. The zero-order valence-electron chi connectivity index (χ0n) is 13.5. The van der Waals surface area contributed by atoms with Gasteiger partial charge in [0.2, 0.25) is 0 Å². The monoisotopic (exact) mass is 302 g/mol. The molecule has 0 aliphatic carbocycles. The van der Waals surface area contributed by atoms with Crippen LogP contribution < -0.4 is 10.1 Å². The van der Waals surface area contributed by atoms with Crippen molar-refractivity contribution in [2.24, 2.45) is 0 Å². The van der Waals surface area contributed by atoms with Crippen molar-refractivity contribution >= 4 is 22.5 Å². The van der Waals surface area contributed by atoms with Crippen LogP contribution in [-0.2, 0) is 9.53 Å². The fourth-order valence-electron chi connectivity index (χ4n) is 2.46. The lowest BCUT2D eigenvalue weighted by Crippen LogP contribution is -2.41. The van der Waals surface area contributed by atoms with Crippen molar-refractivity contribution in [3.63, 3.8) is 0 Å². The normalized spacial score (nSPS) is 13.6. The molecule has 5 heteroatoms. The first-order valence-corrected chi connectivity index (χ1v) is 7.34. The van der Waals surface area contributed by atoms with Crippen LogP contribution in [0.2, 0.25) is 0 Å². The second-order valence-corrected chi connectivity index (χ2v) is 5.35. The quantitative estimate of drug-likeness (QED) is 0.888. The number of fused-ring (bicyclic) bond motifs is 1. The van der Waals surface area contributed by atoms with Crippen molar-refractivity contribution in [1.29, 1.82) is 0 Å². The summed E-state index contributed by atoms with van der Waals surface area (Å²) < 4.78 is 10.7. The number of carbonyl (C=O) groups excluding carboxylic acids is 1. The number of anilines is 1. The van der Waals surface area contributed by atoms with E-state index in [0.717, 1.165) is 17.3 Å². The number of benzene rings is 1. The molecule has 0 bridgehead atoms. The molecule has 0 fully saturated rings. The summed E-state index contributed by atoms with van der Waals surface area (Å²) in [6.07, 6.45) is 3.22. The molecule has 0 radical (unpaired) electrons. The third-order valence-corrected chi connectivity index (χ3v) is 3.86. The Morgan fingerprint density at radius 1 is 1.32 bits per heavy atom. The SMILES string of the molecule is CCCC(C)(OC)C(=O)Nc1ccc(OC)c2ncccc12. The lowest BCUT2D eigenvalue weighted by molar-refractivity contribution is -0.136. The van der Waals surface area contributed by atoms with Crippen molar-refractivity contribution in [1.82, 2.24) is 4.98 Å². The minimum atomic E-state index is -0.844. The average Bonchev–Trinajstić information content (AvgIpc) is 2.55. The first kappa shape index (κ1) is 16.2. The molecule has 1 amide bonds. The summed E-state index contributed by atoms with van der Waals surface area (Å²) in [6.45, 7) is 3.83. The Kier molecular flexibility index (Phi) is 4.98. The van der Waals surface area contributed by atoms with E-state index in [0.29, 0.717) is 17.9 Å². The van der Waals surface area contributed by atoms with E-state index in [4.69, 9.17) is 9.47 Å². The summed E-state index contributed by atoms with van der Waals surface area (Å²) in [4.78, 5) is 16.9. The van der Waals surface area contributed by atoms with Crippen LogP contribution in [0.1, 0.15) is 26.7 Å². The first-order chi connectivity index (χ1) is 10.6. The molecule has 1 N–H and O–H groups in total. The highest BCUT2D eigenvalue weighted by atomic mass is 16.5. The van der Waals surface area contributed by atoms with Gasteiger partial charge in [-0.05, 0) is 37.6 Å². The van der Waals surface area contributed by atoms with Gasteiger partial charge in [0, 0.05) is 18.7 Å². The fraction of sp³-hybridized carbons (Fsp3) is 0.412. The van der Waals surface area contributed by atoms with Crippen molar-refractivity contribution in [2.75, 3.05) is 19.5 Å². The first-order valence-electron chi connectivity index (χ1n) is 7.34. The Bertz CT molecular complexity index is 672. The van der Waals surface area contributed by atoms with Crippen molar-refractivity contribution < 1.29 is 14.3 Å². The molecule has 1 heterocycles. The van der Waals surface area contributed by atoms with E-state index in [9.17, 15) is 4.79 Å². The maximum atomic E-state index is 12.6. The van der Waals surface area contributed by atoms with E-state index in [1.165, 1.54) is 0 Å². The van der Waals surface area contributed by atoms with Crippen LogP contribution in [-0.4, -0.2) is 30.7 Å². The molecule has 0 aliphatic rings. The maximum absolute atomic E-state index is 12.6. The molecule has 0 spiro atoms. The number of rotatable bonds is 6. The molecule has 1 aromatic carbocycles. The Hall–Kier alpha value is -2.14. The van der Waals surface area contributed by atoms with Crippen molar-refractivity contribution in [3.05, 3.63) is 30.5 Å². The van der Waals surface area contributed by atoms with E-state index < -0.39 is 5.60 Å². The van der Waals surface area contributed by atoms with Gasteiger partial charge < -0.3 is 14.8 Å². The molecule has 1 unspecified atom stereocenters. The number of methoxy groups -OCH3 is 2. The van der Waals surface area contributed by atoms with E-state index in [1.807, 2.05) is 25.1 Å². The van der Waals surface area contributed by atoms with E-state index in [-0.39, 0.29) is 5.91 Å². The van der Waals surface area contributed by atoms with Gasteiger partial charge in [0.1, 0.15) is 16.9 Å². The van der Waals surface area contributed by atoms with Gasteiger partial charge >= 0.3 is 0 Å². The van der Waals surface area contributed by atoms with E-state index in [2.05, 4.69) is 10.3 Å². The third kappa shape index (κ3) is 3.04. The highest BCUT2D eigenvalue weighted by Crippen LogP contribution is 2.30. The topological polar surface area (TPSA) is 60.5 Å². The molecular formula is C17H22N2O3. The van der Waals surface area contributed by atoms with Gasteiger partial charge in [-0.15, -0.1) is 0 Å². The number of carbonyl (C=O) groups is 1. The summed E-state index contributed by atoms with van der Waals surface area (Å²) in [5.74, 6) is 0.517. The number of ether oxygens (including phenoxy) is 2. The minimum Gasteiger partial charge on any atom is -0.494 e. The fourth-order valence-corrected chi connectivity index (χ4v) is 2.46. The smallest absolute Gasteiger partial charge is 0.256 e. The number of hydrogen-bond donors (Lipinski definition) is 1. The molecule has 0 aliphatic heterocycles. The number of amides is 1. The van der Waals surface area contributed by atoms with Crippen LogP contribution >= 0.6 is 0 Å². The maximum Gasteiger partial charge on any atom is 0.256 e. The molecule has 2 rings (SSSR count). The Morgan fingerprint density at radius 3 is 2.73 bits per heavy atom. The van der Waals surface area contributed by atoms with Gasteiger partial charge in [0.25, 0.3) is 5.91 Å². The summed E-state index contributed by atoms with van der Waals surface area (Å²) >= 11 is 0. The summed E-state index contributed by atoms with van der Waals surface area (Å²) in [7, 11) is 3.16. The average molecular weight is 302 g/mol. The van der Waals surface area contributed by atoms with Gasteiger partial charge in [0.05, 0.1) is 12.8 Å². The largest absolute Gasteiger partial charge is 0.494 e. The highest BCUT2D eigenvalue weighted by molar-refractivity contribution is 6.05. The third-order valence-electron chi connectivity index (χ3n) is 3.86. The number of hydrogen-bond acceptors (Lipinski definition) is 4. The Morgan fingerprint density at radius 2 is 2.09 bits per heavy atom. The van der Waals surface area contributed by atoms with Gasteiger partial charge in [-0.2, -0.15) is 0 Å². The lowest BCUT2D eigenvalue weighted by Gasteiger charge is -2.26. The number of nitrogens with one attached hydrogen (secondary N) is 1. The standard InChI is InChI=1S/C17H22N2O3/c1-5-10-17(2,22-4)16(20)19-13-8-9-14(21-3)15-12(13)7-6-11-18-15/h6-9,11H,5,10H2,1-4H3,(H,19,20). The zero-order chi connectivity index (χ0) is 16.2. The predicted octanol–water partition coefficient (Wildman–Crippen LogP) is 3.39. The predicted molar refractivity (Wildman–Crippen MR) is 87.2 cm³/mol. The zero-order valence-corrected chi connectivity index (χ0v) is 13.5. The summed E-state index contributed by atoms with van der Waals surface area (Å²) in [5, 5.41) is 3.79. The van der Waals surface area contributed by atoms with Crippen molar-refractivity contribution in [2.45, 2.75) is 32.3 Å². The minimum absolute atomic E-state index is 0.160. The van der Waals surface area contributed by atoms with Crippen LogP contribution in [0.4, 0.5) is 5.69 Å². The lowest BCUT2D eigenvalue weighted by atomic mass is 9.99. The summed E-state index contributed by atoms with van der Waals surface area (Å²) in [5.41, 5.74) is 0.578. The molecular weight excluding hydrogens is 280 g/mol. The van der Waals surface area contributed by atoms with Crippen LogP contribution in [0.15, 0.2) is 30.5 Å². The van der Waals surface area contributed by atoms with Crippen molar-refractivity contribution in [3.8, 4) is 5.75 Å². The van der Waals surface area contributed by atoms with Gasteiger partial charge in [0.15, 0.2) is 0 Å². The molecule has 1 atom stereocenters. The van der Waals surface area contributed by atoms with Gasteiger partial charge in [-0.1, -0.05) is 13.3 Å². The van der Waals surface area contributed by atoms with E-state index >= 15 is 0 Å². The van der Waals surface area contributed by atoms with Gasteiger partial charge in [-0.25, -0.2) is 0 Å². The number of pyridine rings is 1. The van der Waals surface area contributed by atoms with Crippen LogP contribution in [0.25, 0.3) is 10.9 Å². The van der Waals surface area contributed by atoms with E-state index in [1.54, 1.807) is 33.4 Å². The Balaban J connectivity index is 2.38. The van der Waals surface area contributed by atoms with Crippen LogP contribution in [0.3, 0.4) is 0 Å². The molecule has 5 nitrogen and oxygen atoms in total. The van der Waals surface area contributed by atoms with Crippen LogP contribution in [0.5, 0.6) is 5.75 Å². The van der Waals surface area contributed by atoms with Crippen LogP contribution in [0, 0.1) is 0 Å². The molecule has 118 valence electrons. The summed E-state index contributed by atoms with van der Waals surface area (Å²) in [6, 6.07) is 7.36. The molecule has 22 heavy (non-hydrogen) atoms. The molecule has 1 aromatic heterocycles. The molecule has 0 saturated carbocycles.